The number of thiophene rings is 1. The summed E-state index contributed by atoms with van der Waals surface area (Å²) >= 11 is 13.4. The average molecular weight is 383 g/mol. The molecule has 0 unspecified atom stereocenters. The first-order valence-electron chi connectivity index (χ1n) is 7.68. The third-order valence-electron chi connectivity index (χ3n) is 4.07. The molecule has 0 saturated carbocycles. The molecule has 1 aromatic heterocycles. The van der Waals surface area contributed by atoms with Gasteiger partial charge in [-0.05, 0) is 49.4 Å². The zero-order valence-electron chi connectivity index (χ0n) is 12.8. The van der Waals surface area contributed by atoms with Gasteiger partial charge in [0.25, 0.3) is 11.8 Å². The van der Waals surface area contributed by atoms with E-state index < -0.39 is 11.8 Å². The lowest BCUT2D eigenvalue weighted by atomic mass is 10.1. The lowest BCUT2D eigenvalue weighted by Crippen LogP contribution is -2.18. The molecular weight excluding hydrogens is 367 g/mol. The molecule has 3 rings (SSSR count). The van der Waals surface area contributed by atoms with Crippen LogP contribution >= 0.6 is 34.5 Å². The Morgan fingerprint density at radius 1 is 1.12 bits per heavy atom. The van der Waals surface area contributed by atoms with Crippen LogP contribution in [0.5, 0.6) is 0 Å². The van der Waals surface area contributed by atoms with Crippen LogP contribution in [0, 0.1) is 0 Å². The number of hydrogen-bond acceptors (Lipinski definition) is 3. The van der Waals surface area contributed by atoms with Crippen molar-refractivity contribution in [2.75, 3.05) is 5.32 Å². The van der Waals surface area contributed by atoms with Gasteiger partial charge in [-0.1, -0.05) is 29.6 Å². The first-order chi connectivity index (χ1) is 11.5. The number of nitrogens with two attached hydrogens (primary N) is 1. The van der Waals surface area contributed by atoms with Gasteiger partial charge in [-0.3, -0.25) is 9.59 Å². The van der Waals surface area contributed by atoms with Crippen LogP contribution in [0.25, 0.3) is 0 Å². The van der Waals surface area contributed by atoms with Crippen LogP contribution in [-0.2, 0) is 12.8 Å². The van der Waals surface area contributed by atoms with Crippen molar-refractivity contribution in [3.05, 3.63) is 49.8 Å². The molecule has 0 aliphatic heterocycles. The maximum atomic E-state index is 12.5. The second-order valence-electron chi connectivity index (χ2n) is 5.71. The van der Waals surface area contributed by atoms with E-state index >= 15 is 0 Å². The van der Waals surface area contributed by atoms with Gasteiger partial charge in [0.2, 0.25) is 0 Å². The Morgan fingerprint density at radius 3 is 2.62 bits per heavy atom. The maximum Gasteiger partial charge on any atom is 0.257 e. The molecule has 3 N–H and O–H groups in total. The summed E-state index contributed by atoms with van der Waals surface area (Å²) in [7, 11) is 0. The molecule has 24 heavy (non-hydrogen) atoms. The fourth-order valence-corrected chi connectivity index (χ4v) is 4.60. The Labute approximate surface area is 153 Å². The summed E-state index contributed by atoms with van der Waals surface area (Å²) in [5.74, 6) is -0.914. The highest BCUT2D eigenvalue weighted by Gasteiger charge is 2.25. The quantitative estimate of drug-likeness (QED) is 0.756. The summed E-state index contributed by atoms with van der Waals surface area (Å²) < 4.78 is 0. The van der Waals surface area contributed by atoms with Crippen molar-refractivity contribution < 1.29 is 9.59 Å². The molecular formula is C17H16Cl2N2O2S. The monoisotopic (exact) mass is 382 g/mol. The van der Waals surface area contributed by atoms with Crippen LogP contribution in [0.2, 0.25) is 10.0 Å². The Morgan fingerprint density at radius 2 is 1.88 bits per heavy atom. The summed E-state index contributed by atoms with van der Waals surface area (Å²) in [6.45, 7) is 0. The fraction of sp³-hybridized carbons (Fsp3) is 0.294. The molecule has 0 atom stereocenters. The van der Waals surface area contributed by atoms with Crippen molar-refractivity contribution in [1.82, 2.24) is 0 Å². The first-order valence-corrected chi connectivity index (χ1v) is 9.25. The van der Waals surface area contributed by atoms with E-state index in [2.05, 4.69) is 5.32 Å². The van der Waals surface area contributed by atoms with Gasteiger partial charge in [0.15, 0.2) is 0 Å². The summed E-state index contributed by atoms with van der Waals surface area (Å²) in [5.41, 5.74) is 7.26. The summed E-state index contributed by atoms with van der Waals surface area (Å²) in [6, 6.07) is 4.68. The second kappa shape index (κ2) is 7.13. The molecule has 0 spiro atoms. The fourth-order valence-electron chi connectivity index (χ4n) is 2.93. The number of nitrogens with one attached hydrogen (secondary N) is 1. The van der Waals surface area contributed by atoms with Crippen LogP contribution in [0.4, 0.5) is 5.00 Å². The minimum Gasteiger partial charge on any atom is -0.365 e. The number of hydrogen-bond donors (Lipinski definition) is 2. The van der Waals surface area contributed by atoms with E-state index in [1.54, 1.807) is 12.1 Å². The molecule has 0 bridgehead atoms. The average Bonchev–Trinajstić information content (AvgIpc) is 2.71. The number of primary amides is 1. The first kappa shape index (κ1) is 17.3. The topological polar surface area (TPSA) is 72.2 Å². The third-order valence-corrected chi connectivity index (χ3v) is 5.84. The maximum absolute atomic E-state index is 12.5. The van der Waals surface area contributed by atoms with E-state index in [0.29, 0.717) is 20.6 Å². The molecule has 4 nitrogen and oxygen atoms in total. The van der Waals surface area contributed by atoms with Crippen LogP contribution in [0.1, 0.15) is 50.4 Å². The predicted octanol–water partition coefficient (Wildman–Crippen LogP) is 4.68. The number of anilines is 1. The van der Waals surface area contributed by atoms with Gasteiger partial charge in [0.1, 0.15) is 5.00 Å². The minimum atomic E-state index is -0.512. The number of amides is 2. The Kier molecular flexibility index (Phi) is 5.13. The highest BCUT2D eigenvalue weighted by Crippen LogP contribution is 2.37. The van der Waals surface area contributed by atoms with E-state index in [4.69, 9.17) is 28.9 Å². The number of carbonyl (C=O) groups is 2. The molecule has 2 aromatic rings. The predicted molar refractivity (Wildman–Crippen MR) is 98.5 cm³/mol. The highest BCUT2D eigenvalue weighted by atomic mass is 35.5. The molecule has 0 fully saturated rings. The summed E-state index contributed by atoms with van der Waals surface area (Å²) in [6.07, 6.45) is 4.97. The summed E-state index contributed by atoms with van der Waals surface area (Å²) in [4.78, 5) is 25.6. The largest absolute Gasteiger partial charge is 0.365 e. The number of carbonyl (C=O) groups excluding carboxylic acids is 2. The molecule has 1 heterocycles. The molecule has 0 saturated heterocycles. The van der Waals surface area contributed by atoms with E-state index in [-0.39, 0.29) is 5.56 Å². The van der Waals surface area contributed by atoms with Crippen LogP contribution in [0.15, 0.2) is 18.2 Å². The molecule has 126 valence electrons. The van der Waals surface area contributed by atoms with Crippen molar-refractivity contribution >= 4 is 51.4 Å². The van der Waals surface area contributed by atoms with E-state index in [0.717, 1.165) is 42.5 Å². The smallest absolute Gasteiger partial charge is 0.257 e. The second-order valence-corrected chi connectivity index (χ2v) is 7.66. The number of rotatable bonds is 3. The Hall–Kier alpha value is -1.56. The van der Waals surface area contributed by atoms with Gasteiger partial charge in [-0.15, -0.1) is 11.3 Å². The van der Waals surface area contributed by atoms with E-state index in [9.17, 15) is 9.59 Å². The van der Waals surface area contributed by atoms with Crippen molar-refractivity contribution in [2.45, 2.75) is 32.1 Å². The van der Waals surface area contributed by atoms with Crippen molar-refractivity contribution in [2.24, 2.45) is 5.73 Å². The van der Waals surface area contributed by atoms with E-state index in [1.165, 1.54) is 17.4 Å². The molecule has 2 amide bonds. The Balaban J connectivity index is 1.96. The van der Waals surface area contributed by atoms with Crippen molar-refractivity contribution in [3.63, 3.8) is 0 Å². The SMILES string of the molecule is NC(=O)c1c(NC(=O)c2cc(Cl)ccc2Cl)sc2c1CCCCC2. The molecule has 1 aliphatic rings. The van der Waals surface area contributed by atoms with Gasteiger partial charge in [-0.25, -0.2) is 0 Å². The zero-order valence-corrected chi connectivity index (χ0v) is 15.2. The van der Waals surface area contributed by atoms with Crippen LogP contribution in [-0.4, -0.2) is 11.8 Å². The van der Waals surface area contributed by atoms with Gasteiger partial charge in [0, 0.05) is 9.90 Å². The van der Waals surface area contributed by atoms with Crippen LogP contribution < -0.4 is 11.1 Å². The molecule has 0 radical (unpaired) electrons. The Bertz CT molecular complexity index is 817. The number of aryl methyl sites for hydroxylation is 1. The molecule has 1 aliphatic carbocycles. The van der Waals surface area contributed by atoms with Gasteiger partial charge < -0.3 is 11.1 Å². The summed E-state index contributed by atoms with van der Waals surface area (Å²) in [5, 5.41) is 4.00. The normalized spacial score (nSPS) is 13.9. The van der Waals surface area contributed by atoms with Gasteiger partial charge >= 0.3 is 0 Å². The van der Waals surface area contributed by atoms with Gasteiger partial charge in [-0.2, -0.15) is 0 Å². The molecule has 1 aromatic carbocycles. The van der Waals surface area contributed by atoms with Crippen LogP contribution in [0.3, 0.4) is 0 Å². The van der Waals surface area contributed by atoms with Gasteiger partial charge in [0.05, 0.1) is 16.1 Å². The lowest BCUT2D eigenvalue weighted by Gasteiger charge is -2.08. The number of fused-ring (bicyclic) bond motifs is 1. The third kappa shape index (κ3) is 3.43. The number of halogens is 2. The highest BCUT2D eigenvalue weighted by molar-refractivity contribution is 7.17. The number of benzene rings is 1. The van der Waals surface area contributed by atoms with Crippen molar-refractivity contribution in [3.8, 4) is 0 Å². The zero-order chi connectivity index (χ0) is 17.3. The standard InChI is InChI=1S/C17H16Cl2N2O2S/c18-9-6-7-12(19)11(8-9)16(23)21-17-14(15(20)22)10-4-2-1-3-5-13(10)24-17/h6-8H,1-5H2,(H2,20,22)(H,21,23). The van der Waals surface area contributed by atoms with E-state index in [1.807, 2.05) is 0 Å². The lowest BCUT2D eigenvalue weighted by molar-refractivity contribution is 0.100. The minimum absolute atomic E-state index is 0.267. The van der Waals surface area contributed by atoms with Crippen molar-refractivity contribution in [1.29, 1.82) is 0 Å². The molecule has 7 heteroatoms.